The molecule has 0 bridgehead atoms. The minimum atomic E-state index is -0.652. The molecule has 0 aliphatic heterocycles. The zero-order valence-corrected chi connectivity index (χ0v) is 11.4. The number of thiol groups is 1. The lowest BCUT2D eigenvalue weighted by molar-refractivity contribution is -0.133. The van der Waals surface area contributed by atoms with Crippen LogP contribution < -0.4 is 11.2 Å². The molecule has 0 aromatic carbocycles. The Morgan fingerprint density at radius 2 is 2.21 bits per heavy atom. The molecular weight excluding hydrogens is 270 g/mol. The van der Waals surface area contributed by atoms with E-state index in [0.29, 0.717) is 24.1 Å². The zero-order chi connectivity index (χ0) is 14.4. The molecule has 19 heavy (non-hydrogen) atoms. The van der Waals surface area contributed by atoms with Crippen molar-refractivity contribution in [1.82, 2.24) is 14.5 Å². The van der Waals surface area contributed by atoms with Crippen molar-refractivity contribution in [2.45, 2.75) is 13.5 Å². The largest absolute Gasteiger partial charge is 0.333 e. The first-order valence-corrected chi connectivity index (χ1v) is 6.25. The summed E-state index contributed by atoms with van der Waals surface area (Å²) in [6.45, 7) is 1.59. The number of H-pyrrole nitrogens is 1. The molecule has 0 spiro atoms. The number of nitrogens with one attached hydrogen (secondary N) is 1. The maximum atomic E-state index is 11.9. The molecule has 8 heteroatoms. The summed E-state index contributed by atoms with van der Waals surface area (Å²) in [4.78, 5) is 48.5. The number of aldehydes is 1. The second-order valence-corrected chi connectivity index (χ2v) is 4.38. The lowest BCUT2D eigenvalue weighted by Crippen LogP contribution is -2.40. The van der Waals surface area contributed by atoms with Crippen LogP contribution in [-0.2, 0) is 16.1 Å². The van der Waals surface area contributed by atoms with Crippen LogP contribution >= 0.6 is 12.6 Å². The SMILES string of the molecule is Cc1cn(CC(=O)N(CC=O)CCS)c(=O)[nH]c1=O. The number of amides is 1. The van der Waals surface area contributed by atoms with Crippen molar-refractivity contribution < 1.29 is 9.59 Å². The van der Waals surface area contributed by atoms with Crippen LogP contribution in [0.25, 0.3) is 0 Å². The second-order valence-electron chi connectivity index (χ2n) is 3.93. The summed E-state index contributed by atoms with van der Waals surface area (Å²) >= 11 is 4.00. The molecule has 1 amide bonds. The van der Waals surface area contributed by atoms with E-state index in [-0.39, 0.29) is 19.0 Å². The minimum absolute atomic E-state index is 0.0452. The highest BCUT2D eigenvalue weighted by molar-refractivity contribution is 7.80. The topological polar surface area (TPSA) is 92.2 Å². The number of aryl methyl sites for hydroxylation is 1. The zero-order valence-electron chi connectivity index (χ0n) is 10.5. The van der Waals surface area contributed by atoms with Gasteiger partial charge in [0.25, 0.3) is 5.56 Å². The molecule has 0 saturated heterocycles. The number of rotatable bonds is 6. The van der Waals surface area contributed by atoms with E-state index in [2.05, 4.69) is 17.6 Å². The number of hydrogen-bond donors (Lipinski definition) is 2. The standard InChI is InChI=1S/C11H15N3O4S/c1-8-6-14(11(18)12-10(8)17)7-9(16)13(2-4-15)3-5-19/h4,6,19H,2-3,5,7H2,1H3,(H,12,17,18). The molecule has 1 heterocycles. The normalized spacial score (nSPS) is 10.2. The summed E-state index contributed by atoms with van der Waals surface area (Å²) in [5, 5.41) is 0. The van der Waals surface area contributed by atoms with Gasteiger partial charge in [-0.25, -0.2) is 4.79 Å². The number of carbonyl (C=O) groups is 2. The highest BCUT2D eigenvalue weighted by Crippen LogP contribution is 1.94. The highest BCUT2D eigenvalue weighted by atomic mass is 32.1. The molecule has 0 aliphatic rings. The van der Waals surface area contributed by atoms with Gasteiger partial charge in [0.2, 0.25) is 5.91 Å². The lowest BCUT2D eigenvalue weighted by Gasteiger charge is -2.19. The van der Waals surface area contributed by atoms with Crippen LogP contribution in [0.4, 0.5) is 0 Å². The van der Waals surface area contributed by atoms with Gasteiger partial charge in [-0.15, -0.1) is 0 Å². The molecule has 1 N–H and O–H groups in total. The van der Waals surface area contributed by atoms with Gasteiger partial charge in [0, 0.05) is 24.1 Å². The Balaban J connectivity index is 2.92. The maximum Gasteiger partial charge on any atom is 0.328 e. The number of nitrogens with zero attached hydrogens (tertiary/aromatic N) is 2. The predicted molar refractivity (Wildman–Crippen MR) is 72.6 cm³/mol. The van der Waals surface area contributed by atoms with Crippen molar-refractivity contribution in [1.29, 1.82) is 0 Å². The fraction of sp³-hybridized carbons (Fsp3) is 0.455. The van der Waals surface area contributed by atoms with Gasteiger partial charge in [-0.1, -0.05) is 0 Å². The van der Waals surface area contributed by atoms with Crippen molar-refractivity contribution >= 4 is 24.8 Å². The van der Waals surface area contributed by atoms with Gasteiger partial charge in [-0.2, -0.15) is 12.6 Å². The molecule has 0 aliphatic carbocycles. The monoisotopic (exact) mass is 285 g/mol. The molecule has 0 radical (unpaired) electrons. The van der Waals surface area contributed by atoms with Crippen LogP contribution in [0.2, 0.25) is 0 Å². The Hall–Kier alpha value is -1.83. The summed E-state index contributed by atoms with van der Waals surface area (Å²) in [6.07, 6.45) is 1.93. The van der Waals surface area contributed by atoms with Crippen molar-refractivity contribution in [3.05, 3.63) is 32.6 Å². The van der Waals surface area contributed by atoms with Gasteiger partial charge < -0.3 is 9.69 Å². The predicted octanol–water partition coefficient (Wildman–Crippen LogP) is -1.20. The first kappa shape index (κ1) is 15.2. The van der Waals surface area contributed by atoms with E-state index in [9.17, 15) is 19.2 Å². The van der Waals surface area contributed by atoms with Crippen LogP contribution in [0, 0.1) is 6.92 Å². The molecule has 0 fully saturated rings. The average Bonchev–Trinajstić information content (AvgIpc) is 2.35. The molecule has 104 valence electrons. The lowest BCUT2D eigenvalue weighted by atomic mass is 10.3. The molecule has 1 aromatic heterocycles. The Morgan fingerprint density at radius 1 is 1.53 bits per heavy atom. The van der Waals surface area contributed by atoms with E-state index >= 15 is 0 Å². The van der Waals surface area contributed by atoms with Crippen molar-refractivity contribution in [3.8, 4) is 0 Å². The number of hydrogen-bond acceptors (Lipinski definition) is 5. The van der Waals surface area contributed by atoms with E-state index in [0.717, 1.165) is 4.57 Å². The van der Waals surface area contributed by atoms with Crippen LogP contribution in [0.15, 0.2) is 15.8 Å². The summed E-state index contributed by atoms with van der Waals surface area (Å²) in [6, 6.07) is 0. The van der Waals surface area contributed by atoms with Crippen LogP contribution in [0.3, 0.4) is 0 Å². The molecule has 1 aromatic rings. The van der Waals surface area contributed by atoms with E-state index in [4.69, 9.17) is 0 Å². The van der Waals surface area contributed by atoms with Gasteiger partial charge in [-0.3, -0.25) is 19.1 Å². The number of aromatic amines is 1. The smallest absolute Gasteiger partial charge is 0.328 e. The fourth-order valence-corrected chi connectivity index (χ4v) is 1.75. The van der Waals surface area contributed by atoms with Crippen LogP contribution in [-0.4, -0.2) is 45.5 Å². The van der Waals surface area contributed by atoms with Crippen LogP contribution in [0.5, 0.6) is 0 Å². The fourth-order valence-electron chi connectivity index (χ4n) is 1.51. The molecule has 0 atom stereocenters. The first-order valence-electron chi connectivity index (χ1n) is 5.62. The Kier molecular flexibility index (Phi) is 5.56. The van der Waals surface area contributed by atoms with Gasteiger partial charge in [-0.05, 0) is 6.92 Å². The summed E-state index contributed by atoms with van der Waals surface area (Å²) < 4.78 is 1.11. The highest BCUT2D eigenvalue weighted by Gasteiger charge is 2.14. The first-order chi connectivity index (χ1) is 8.99. The van der Waals surface area contributed by atoms with Crippen LogP contribution in [0.1, 0.15) is 5.56 Å². The summed E-state index contributed by atoms with van der Waals surface area (Å²) in [7, 11) is 0. The quantitative estimate of drug-likeness (QED) is 0.507. The van der Waals surface area contributed by atoms with Gasteiger partial charge in [0.1, 0.15) is 12.8 Å². The van der Waals surface area contributed by atoms with E-state index in [1.807, 2.05) is 0 Å². The Bertz CT molecular complexity index is 578. The molecular formula is C11H15N3O4S. The molecule has 7 nitrogen and oxygen atoms in total. The maximum absolute atomic E-state index is 11.9. The van der Waals surface area contributed by atoms with Crippen molar-refractivity contribution in [2.24, 2.45) is 0 Å². The third-order valence-corrected chi connectivity index (χ3v) is 2.71. The summed E-state index contributed by atoms with van der Waals surface area (Å²) in [5.41, 5.74) is -0.793. The Morgan fingerprint density at radius 3 is 2.79 bits per heavy atom. The van der Waals surface area contributed by atoms with Gasteiger partial charge >= 0.3 is 5.69 Å². The number of aromatic nitrogens is 2. The number of carbonyl (C=O) groups excluding carboxylic acids is 2. The molecule has 1 rings (SSSR count). The van der Waals surface area contributed by atoms with Crippen molar-refractivity contribution in [2.75, 3.05) is 18.8 Å². The van der Waals surface area contributed by atoms with Gasteiger partial charge in [0.05, 0.1) is 6.54 Å². The van der Waals surface area contributed by atoms with Gasteiger partial charge in [0.15, 0.2) is 0 Å². The van der Waals surface area contributed by atoms with E-state index in [1.54, 1.807) is 0 Å². The Labute approximate surface area is 114 Å². The van der Waals surface area contributed by atoms with Crippen molar-refractivity contribution in [3.63, 3.8) is 0 Å². The summed E-state index contributed by atoms with van der Waals surface area (Å²) in [5.74, 6) is 0.0359. The molecule has 0 unspecified atom stereocenters. The van der Waals surface area contributed by atoms with E-state index < -0.39 is 11.2 Å². The minimum Gasteiger partial charge on any atom is -0.333 e. The molecule has 0 saturated carbocycles. The average molecular weight is 285 g/mol. The second kappa shape index (κ2) is 6.93. The third kappa shape index (κ3) is 4.09. The third-order valence-electron chi connectivity index (χ3n) is 2.51. The van der Waals surface area contributed by atoms with E-state index in [1.165, 1.54) is 18.0 Å².